The van der Waals surface area contributed by atoms with E-state index >= 15 is 0 Å². The second-order valence-corrected chi connectivity index (χ2v) is 4.70. The molecule has 1 aromatic heterocycles. The number of para-hydroxylation sites is 1. The van der Waals surface area contributed by atoms with Gasteiger partial charge in [-0.15, -0.1) is 0 Å². The number of amides is 1. The Morgan fingerprint density at radius 3 is 2.74 bits per heavy atom. The predicted molar refractivity (Wildman–Crippen MR) is 73.5 cm³/mol. The van der Waals surface area contributed by atoms with Crippen molar-refractivity contribution >= 4 is 11.6 Å². The number of fused-ring (bicyclic) bond motifs is 1. The van der Waals surface area contributed by atoms with Crippen LogP contribution in [0.15, 0.2) is 47.4 Å². The summed E-state index contributed by atoms with van der Waals surface area (Å²) in [5.41, 5.74) is 2.60. The Morgan fingerprint density at radius 1 is 1.16 bits per heavy atom. The van der Waals surface area contributed by atoms with E-state index in [-0.39, 0.29) is 11.5 Å². The van der Waals surface area contributed by atoms with Crippen molar-refractivity contribution < 1.29 is 4.79 Å². The van der Waals surface area contributed by atoms with Crippen LogP contribution in [0, 0.1) is 0 Å². The normalized spacial score (nSPS) is 13.4. The lowest BCUT2D eigenvalue weighted by Gasteiger charge is -2.17. The third-order valence-corrected chi connectivity index (χ3v) is 3.47. The van der Waals surface area contributed by atoms with Crippen LogP contribution in [0.1, 0.15) is 15.9 Å². The number of carbonyl (C=O) groups excluding carboxylic acids is 1. The topological polar surface area (TPSA) is 42.3 Å². The molecule has 19 heavy (non-hydrogen) atoms. The van der Waals surface area contributed by atoms with Crippen LogP contribution in [0.2, 0.25) is 0 Å². The smallest absolute Gasteiger partial charge is 0.259 e. The standard InChI is InChI=1S/C15H14N2O2/c1-16-10-12(6-7-14(16)18)15(19)17-9-8-11-4-2-3-5-13(11)17/h2-7,10H,8-9H2,1H3. The van der Waals surface area contributed by atoms with Gasteiger partial charge in [0.2, 0.25) is 5.56 Å². The second kappa shape index (κ2) is 4.39. The highest BCUT2D eigenvalue weighted by molar-refractivity contribution is 6.07. The first kappa shape index (κ1) is 11.7. The van der Waals surface area contributed by atoms with Crippen LogP contribution in [-0.2, 0) is 13.5 Å². The summed E-state index contributed by atoms with van der Waals surface area (Å²) in [4.78, 5) is 25.6. The van der Waals surface area contributed by atoms with Gasteiger partial charge in [0.25, 0.3) is 5.91 Å². The van der Waals surface area contributed by atoms with E-state index in [9.17, 15) is 9.59 Å². The lowest BCUT2D eigenvalue weighted by atomic mass is 10.2. The molecule has 1 amide bonds. The van der Waals surface area contributed by atoms with E-state index in [0.29, 0.717) is 12.1 Å². The Kier molecular flexibility index (Phi) is 2.71. The van der Waals surface area contributed by atoms with E-state index in [1.54, 1.807) is 24.2 Å². The highest BCUT2D eigenvalue weighted by Crippen LogP contribution is 2.28. The first-order valence-electron chi connectivity index (χ1n) is 6.23. The Labute approximate surface area is 110 Å². The zero-order chi connectivity index (χ0) is 13.4. The van der Waals surface area contributed by atoms with E-state index in [1.807, 2.05) is 24.3 Å². The lowest BCUT2D eigenvalue weighted by Crippen LogP contribution is -2.30. The highest BCUT2D eigenvalue weighted by Gasteiger charge is 2.25. The molecule has 1 aromatic carbocycles. The molecular weight excluding hydrogens is 240 g/mol. The van der Waals surface area contributed by atoms with Gasteiger partial charge in [-0.3, -0.25) is 9.59 Å². The van der Waals surface area contributed by atoms with Crippen molar-refractivity contribution in [1.82, 2.24) is 4.57 Å². The minimum Gasteiger partial charge on any atom is -0.318 e. The molecule has 4 heteroatoms. The molecular formula is C15H14N2O2. The number of nitrogens with zero attached hydrogens (tertiary/aromatic N) is 2. The molecule has 1 aliphatic rings. The monoisotopic (exact) mass is 254 g/mol. The van der Waals surface area contributed by atoms with Crippen molar-refractivity contribution in [1.29, 1.82) is 0 Å². The maximum absolute atomic E-state index is 12.5. The number of anilines is 1. The number of benzene rings is 1. The number of pyridine rings is 1. The molecule has 2 aromatic rings. The summed E-state index contributed by atoms with van der Waals surface area (Å²) in [6.07, 6.45) is 2.47. The van der Waals surface area contributed by atoms with Crippen molar-refractivity contribution in [3.63, 3.8) is 0 Å². The fraction of sp³-hybridized carbons (Fsp3) is 0.200. The molecule has 0 fully saturated rings. The molecule has 0 saturated carbocycles. The van der Waals surface area contributed by atoms with Crippen LogP contribution in [-0.4, -0.2) is 17.0 Å². The van der Waals surface area contributed by atoms with Crippen molar-refractivity contribution in [3.05, 3.63) is 64.1 Å². The van der Waals surface area contributed by atoms with E-state index in [4.69, 9.17) is 0 Å². The molecule has 0 atom stereocenters. The fourth-order valence-electron chi connectivity index (χ4n) is 2.43. The Balaban J connectivity index is 1.97. The van der Waals surface area contributed by atoms with E-state index in [0.717, 1.165) is 12.1 Å². The van der Waals surface area contributed by atoms with E-state index < -0.39 is 0 Å². The maximum atomic E-state index is 12.5. The molecule has 2 heterocycles. The average Bonchev–Trinajstić information content (AvgIpc) is 2.85. The average molecular weight is 254 g/mol. The molecule has 0 N–H and O–H groups in total. The van der Waals surface area contributed by atoms with Crippen LogP contribution in [0.4, 0.5) is 5.69 Å². The van der Waals surface area contributed by atoms with Gasteiger partial charge in [0.15, 0.2) is 0 Å². The molecule has 0 saturated heterocycles. The van der Waals surface area contributed by atoms with Gasteiger partial charge in [0.05, 0.1) is 5.56 Å². The third kappa shape index (κ3) is 1.95. The second-order valence-electron chi connectivity index (χ2n) is 4.70. The van der Waals surface area contributed by atoms with Gasteiger partial charge >= 0.3 is 0 Å². The minimum absolute atomic E-state index is 0.0550. The zero-order valence-corrected chi connectivity index (χ0v) is 10.7. The van der Waals surface area contributed by atoms with Crippen LogP contribution in [0.3, 0.4) is 0 Å². The van der Waals surface area contributed by atoms with Crippen molar-refractivity contribution in [2.75, 3.05) is 11.4 Å². The van der Waals surface area contributed by atoms with Gasteiger partial charge in [-0.25, -0.2) is 0 Å². The molecule has 0 aliphatic carbocycles. The van der Waals surface area contributed by atoms with Gasteiger partial charge in [-0.1, -0.05) is 18.2 Å². The molecule has 0 spiro atoms. The quantitative estimate of drug-likeness (QED) is 0.775. The van der Waals surface area contributed by atoms with E-state index in [2.05, 4.69) is 0 Å². The highest BCUT2D eigenvalue weighted by atomic mass is 16.2. The summed E-state index contributed by atoms with van der Waals surface area (Å²) in [6, 6.07) is 10.9. The summed E-state index contributed by atoms with van der Waals surface area (Å²) in [5, 5.41) is 0. The molecule has 1 aliphatic heterocycles. The predicted octanol–water partition coefficient (Wildman–Crippen LogP) is 1.59. The summed E-state index contributed by atoms with van der Waals surface area (Å²) in [7, 11) is 1.65. The Bertz CT molecular complexity index is 703. The van der Waals surface area contributed by atoms with Gasteiger partial charge < -0.3 is 9.47 Å². The van der Waals surface area contributed by atoms with Crippen LogP contribution in [0.5, 0.6) is 0 Å². The largest absolute Gasteiger partial charge is 0.318 e. The van der Waals surface area contributed by atoms with Gasteiger partial charge in [-0.2, -0.15) is 0 Å². The molecule has 0 bridgehead atoms. The molecule has 4 nitrogen and oxygen atoms in total. The number of aryl methyl sites for hydroxylation is 1. The number of carbonyl (C=O) groups is 1. The summed E-state index contributed by atoms with van der Waals surface area (Å²) in [6.45, 7) is 0.695. The Hall–Kier alpha value is -2.36. The summed E-state index contributed by atoms with van der Waals surface area (Å²) in [5.74, 6) is -0.0550. The van der Waals surface area contributed by atoms with E-state index in [1.165, 1.54) is 16.2 Å². The molecule has 96 valence electrons. The van der Waals surface area contributed by atoms with Crippen LogP contribution in [0.25, 0.3) is 0 Å². The van der Waals surface area contributed by atoms with Crippen molar-refractivity contribution in [2.45, 2.75) is 6.42 Å². The molecule has 0 unspecified atom stereocenters. The number of aromatic nitrogens is 1. The maximum Gasteiger partial charge on any atom is 0.259 e. The minimum atomic E-state index is -0.113. The zero-order valence-electron chi connectivity index (χ0n) is 10.7. The van der Waals surface area contributed by atoms with Gasteiger partial charge in [-0.05, 0) is 24.1 Å². The number of hydrogen-bond acceptors (Lipinski definition) is 2. The number of rotatable bonds is 1. The Morgan fingerprint density at radius 2 is 1.95 bits per heavy atom. The lowest BCUT2D eigenvalue weighted by molar-refractivity contribution is 0.0988. The first-order chi connectivity index (χ1) is 9.16. The van der Waals surface area contributed by atoms with Gasteiger partial charge in [0.1, 0.15) is 0 Å². The molecule has 0 radical (unpaired) electrons. The number of hydrogen-bond donors (Lipinski definition) is 0. The van der Waals surface area contributed by atoms with Crippen LogP contribution >= 0.6 is 0 Å². The third-order valence-electron chi connectivity index (χ3n) is 3.47. The van der Waals surface area contributed by atoms with Gasteiger partial charge in [0, 0.05) is 31.5 Å². The molecule has 3 rings (SSSR count). The summed E-state index contributed by atoms with van der Waals surface area (Å²) < 4.78 is 1.43. The van der Waals surface area contributed by atoms with Crippen molar-refractivity contribution in [3.8, 4) is 0 Å². The van der Waals surface area contributed by atoms with Crippen molar-refractivity contribution in [2.24, 2.45) is 7.05 Å². The fourth-order valence-corrected chi connectivity index (χ4v) is 2.43. The first-order valence-corrected chi connectivity index (χ1v) is 6.23. The summed E-state index contributed by atoms with van der Waals surface area (Å²) >= 11 is 0. The van der Waals surface area contributed by atoms with Crippen LogP contribution < -0.4 is 10.5 Å². The SMILES string of the molecule is Cn1cc(C(=O)N2CCc3ccccc32)ccc1=O.